The summed E-state index contributed by atoms with van der Waals surface area (Å²) in [6.07, 6.45) is -9.46. The van der Waals surface area contributed by atoms with Crippen LogP contribution in [-0.2, 0) is 16.2 Å². The van der Waals surface area contributed by atoms with Crippen LogP contribution in [0, 0.1) is 6.92 Å². The Hall–Kier alpha value is -3.35. The Morgan fingerprint density at radius 1 is 0.970 bits per heavy atom. The zero-order chi connectivity index (χ0) is 24.6. The van der Waals surface area contributed by atoms with Gasteiger partial charge in [0.05, 0.1) is 16.9 Å². The van der Waals surface area contributed by atoms with E-state index in [1.54, 1.807) is 0 Å². The molecule has 1 N–H and O–H groups in total. The first-order valence-electron chi connectivity index (χ1n) is 9.11. The molecule has 6 nitrogen and oxygen atoms in total. The molecule has 0 radical (unpaired) electrons. The van der Waals surface area contributed by atoms with Gasteiger partial charge in [-0.05, 0) is 48.9 Å². The highest BCUT2D eigenvalue weighted by Crippen LogP contribution is 2.30. The van der Waals surface area contributed by atoms with Crippen molar-refractivity contribution in [3.63, 3.8) is 0 Å². The summed E-state index contributed by atoms with van der Waals surface area (Å²) < 4.78 is 102. The molecule has 0 aliphatic heterocycles. The average molecular weight is 491 g/mol. The van der Waals surface area contributed by atoms with Crippen molar-refractivity contribution in [1.29, 1.82) is 0 Å². The largest absolute Gasteiger partial charge is 0.416 e. The van der Waals surface area contributed by atoms with Crippen LogP contribution >= 0.6 is 0 Å². The van der Waals surface area contributed by atoms with Gasteiger partial charge in [-0.1, -0.05) is 12.1 Å². The number of nitrogens with one attached hydrogen (secondary N) is 1. The lowest BCUT2D eigenvalue weighted by Gasteiger charge is -2.13. The summed E-state index contributed by atoms with van der Waals surface area (Å²) in [5, 5.41) is 4.10. The number of nitrogens with zero attached hydrogens (tertiary/aromatic N) is 2. The van der Waals surface area contributed by atoms with E-state index in [1.807, 2.05) is 4.72 Å². The Balaban J connectivity index is 1.94. The lowest BCUT2D eigenvalue weighted by atomic mass is 10.0. The molecule has 0 saturated carbocycles. The Bertz CT molecular complexity index is 1330. The van der Waals surface area contributed by atoms with Gasteiger partial charge in [0.1, 0.15) is 0 Å². The highest BCUT2D eigenvalue weighted by atomic mass is 32.2. The topological polar surface area (TPSA) is 81.1 Å². The van der Waals surface area contributed by atoms with Crippen LogP contribution in [0.2, 0.25) is 0 Å². The van der Waals surface area contributed by atoms with Gasteiger partial charge in [-0.2, -0.15) is 36.1 Å². The second kappa shape index (κ2) is 8.54. The average Bonchev–Trinajstić information content (AvgIpc) is 2.67. The number of rotatable bonds is 5. The normalized spacial score (nSPS) is 12.6. The molecule has 0 aliphatic rings. The van der Waals surface area contributed by atoms with E-state index < -0.39 is 39.3 Å². The van der Waals surface area contributed by atoms with Crippen molar-refractivity contribution < 1.29 is 34.8 Å². The van der Waals surface area contributed by atoms with Crippen LogP contribution in [0.4, 0.5) is 32.0 Å². The van der Waals surface area contributed by atoms with E-state index in [4.69, 9.17) is 0 Å². The Kier molecular flexibility index (Phi) is 6.29. The van der Waals surface area contributed by atoms with Crippen molar-refractivity contribution in [3.05, 3.63) is 76.2 Å². The second-order valence-electron chi connectivity index (χ2n) is 7.00. The smallest absolute Gasteiger partial charge is 0.283 e. The van der Waals surface area contributed by atoms with Crippen LogP contribution in [0.3, 0.4) is 0 Å². The molecule has 13 heteroatoms. The SMILES string of the molecule is Cc1nn(-c2ccc(C(F)(F)F)cc2)c(=O)cc1-c1cccc(NS(=O)(=O)CC(F)(F)F)c1. The molecule has 0 fully saturated rings. The minimum Gasteiger partial charge on any atom is -0.283 e. The molecule has 0 amide bonds. The van der Waals surface area contributed by atoms with E-state index >= 15 is 0 Å². The van der Waals surface area contributed by atoms with E-state index in [0.717, 1.165) is 35.0 Å². The predicted octanol–water partition coefficient (Wildman–Crippen LogP) is 4.53. The first-order chi connectivity index (χ1) is 15.1. The minimum absolute atomic E-state index is 0.0938. The van der Waals surface area contributed by atoms with Gasteiger partial charge in [0.15, 0.2) is 5.75 Å². The van der Waals surface area contributed by atoms with Crippen molar-refractivity contribution in [3.8, 4) is 16.8 Å². The van der Waals surface area contributed by atoms with Gasteiger partial charge >= 0.3 is 12.4 Å². The molecule has 176 valence electrons. The Morgan fingerprint density at radius 3 is 2.18 bits per heavy atom. The molecule has 2 aromatic carbocycles. The maximum Gasteiger partial charge on any atom is 0.416 e. The molecule has 3 aromatic rings. The van der Waals surface area contributed by atoms with Gasteiger partial charge in [0.2, 0.25) is 10.0 Å². The zero-order valence-corrected chi connectivity index (χ0v) is 17.5. The highest BCUT2D eigenvalue weighted by molar-refractivity contribution is 7.92. The van der Waals surface area contributed by atoms with Gasteiger partial charge in [0.25, 0.3) is 5.56 Å². The molecule has 3 rings (SSSR count). The molecular weight excluding hydrogens is 476 g/mol. The van der Waals surface area contributed by atoms with E-state index in [9.17, 15) is 39.6 Å². The van der Waals surface area contributed by atoms with Crippen molar-refractivity contribution in [2.45, 2.75) is 19.3 Å². The first-order valence-corrected chi connectivity index (χ1v) is 10.8. The number of anilines is 1. The highest BCUT2D eigenvalue weighted by Gasteiger charge is 2.35. The molecule has 33 heavy (non-hydrogen) atoms. The number of benzene rings is 2. The maximum atomic E-state index is 12.7. The number of hydrogen-bond donors (Lipinski definition) is 1. The van der Waals surface area contributed by atoms with Crippen LogP contribution in [0.25, 0.3) is 16.8 Å². The van der Waals surface area contributed by atoms with Crippen LogP contribution in [0.1, 0.15) is 11.3 Å². The molecule has 1 aromatic heterocycles. The summed E-state index contributed by atoms with van der Waals surface area (Å²) in [5.41, 5.74) is -0.802. The third kappa shape index (κ3) is 6.12. The van der Waals surface area contributed by atoms with Crippen molar-refractivity contribution in [1.82, 2.24) is 9.78 Å². The van der Waals surface area contributed by atoms with Crippen LogP contribution in [0.5, 0.6) is 0 Å². The molecule has 0 atom stereocenters. The summed E-state index contributed by atoms with van der Waals surface area (Å²) >= 11 is 0. The summed E-state index contributed by atoms with van der Waals surface area (Å²) in [7, 11) is -4.70. The fourth-order valence-corrected chi connectivity index (χ4v) is 3.98. The predicted molar refractivity (Wildman–Crippen MR) is 108 cm³/mol. The number of sulfonamides is 1. The first kappa shape index (κ1) is 24.3. The lowest BCUT2D eigenvalue weighted by Crippen LogP contribution is -2.27. The van der Waals surface area contributed by atoms with Gasteiger partial charge in [-0.25, -0.2) is 8.42 Å². The zero-order valence-electron chi connectivity index (χ0n) is 16.7. The fraction of sp³-hybridized carbons (Fsp3) is 0.200. The van der Waals surface area contributed by atoms with Crippen LogP contribution in [0.15, 0.2) is 59.4 Å². The number of halogens is 6. The van der Waals surface area contributed by atoms with Crippen LogP contribution < -0.4 is 10.3 Å². The fourth-order valence-electron chi connectivity index (χ4n) is 2.99. The number of aromatic nitrogens is 2. The van der Waals surface area contributed by atoms with Crippen molar-refractivity contribution >= 4 is 15.7 Å². The molecule has 0 bridgehead atoms. The minimum atomic E-state index is -4.92. The van der Waals surface area contributed by atoms with E-state index in [-0.39, 0.29) is 22.6 Å². The molecule has 0 spiro atoms. The quantitative estimate of drug-likeness (QED) is 0.532. The lowest BCUT2D eigenvalue weighted by molar-refractivity contribution is -0.137. The second-order valence-corrected chi connectivity index (χ2v) is 8.72. The number of alkyl halides is 6. The third-order valence-electron chi connectivity index (χ3n) is 4.36. The van der Waals surface area contributed by atoms with Gasteiger partial charge < -0.3 is 0 Å². The number of aryl methyl sites for hydroxylation is 1. The van der Waals surface area contributed by atoms with Gasteiger partial charge in [-0.3, -0.25) is 9.52 Å². The van der Waals surface area contributed by atoms with E-state index in [0.29, 0.717) is 5.56 Å². The maximum absolute atomic E-state index is 12.7. The van der Waals surface area contributed by atoms with Crippen molar-refractivity contribution in [2.24, 2.45) is 0 Å². The molecule has 0 saturated heterocycles. The van der Waals surface area contributed by atoms with E-state index in [1.165, 1.54) is 31.2 Å². The van der Waals surface area contributed by atoms with E-state index in [2.05, 4.69) is 5.10 Å². The summed E-state index contributed by atoms with van der Waals surface area (Å²) in [5.74, 6) is -2.06. The standard InChI is InChI=1S/C20H15F6N3O3S/c1-12-17(13-3-2-4-15(9-13)28-33(31,32)11-19(21,22)23)10-18(30)29(27-12)16-7-5-14(6-8-16)20(24,25)26/h2-10,28H,11H2,1H3. The Labute approximate surface area is 183 Å². The van der Waals surface area contributed by atoms with Crippen molar-refractivity contribution in [2.75, 3.05) is 10.5 Å². The monoisotopic (exact) mass is 491 g/mol. The molecule has 0 unspecified atom stereocenters. The number of hydrogen-bond acceptors (Lipinski definition) is 4. The van der Waals surface area contributed by atoms with Gasteiger partial charge in [-0.15, -0.1) is 0 Å². The van der Waals surface area contributed by atoms with Gasteiger partial charge in [0, 0.05) is 17.3 Å². The molecule has 0 aliphatic carbocycles. The third-order valence-corrected chi connectivity index (χ3v) is 5.61. The van der Waals surface area contributed by atoms with Crippen LogP contribution in [-0.4, -0.2) is 30.1 Å². The Morgan fingerprint density at radius 2 is 1.61 bits per heavy atom. The summed E-state index contributed by atoms with van der Waals surface area (Å²) in [6, 6.07) is 10.3. The summed E-state index contributed by atoms with van der Waals surface area (Å²) in [6.45, 7) is 1.51. The summed E-state index contributed by atoms with van der Waals surface area (Å²) in [4.78, 5) is 12.6. The molecular formula is C20H15F6N3O3S. The molecule has 1 heterocycles.